The molecule has 0 unspecified atom stereocenters. The molecule has 1 aliphatic rings. The number of aromatic nitrogens is 1. The van der Waals surface area contributed by atoms with E-state index < -0.39 is 11.8 Å². The zero-order chi connectivity index (χ0) is 30.0. The number of piperidine rings is 1. The number of nitrogens with zero attached hydrogens (tertiary/aromatic N) is 3. The number of hydrogen-bond acceptors (Lipinski definition) is 7. The summed E-state index contributed by atoms with van der Waals surface area (Å²) in [5.74, 6) is 1.84. The molecular formula is C33H36FN5O4. The quantitative estimate of drug-likeness (QED) is 0.114. The smallest absolute Gasteiger partial charge is 0.339 e. The number of para-hydroxylation sites is 1. The van der Waals surface area contributed by atoms with Gasteiger partial charge < -0.3 is 24.4 Å². The number of pyridine rings is 1. The van der Waals surface area contributed by atoms with Crippen LogP contribution >= 0.6 is 0 Å². The molecule has 43 heavy (non-hydrogen) atoms. The first-order chi connectivity index (χ1) is 21.0. The van der Waals surface area contributed by atoms with Crippen molar-refractivity contribution in [1.82, 2.24) is 15.3 Å². The average Bonchev–Trinajstić information content (AvgIpc) is 3.01. The Balaban J connectivity index is 1.20. The van der Waals surface area contributed by atoms with Crippen LogP contribution < -0.4 is 25.0 Å². The van der Waals surface area contributed by atoms with Crippen LogP contribution in [0.3, 0.4) is 0 Å². The Kier molecular flexibility index (Phi) is 10.0. The molecule has 10 heteroatoms. The Bertz CT molecular complexity index is 1560. The van der Waals surface area contributed by atoms with Gasteiger partial charge in [0, 0.05) is 29.9 Å². The Morgan fingerprint density at radius 1 is 1.05 bits per heavy atom. The van der Waals surface area contributed by atoms with Gasteiger partial charge in [0.1, 0.15) is 5.75 Å². The molecule has 0 spiro atoms. The Morgan fingerprint density at radius 3 is 2.63 bits per heavy atom. The number of carbonyl (C=O) groups is 1. The van der Waals surface area contributed by atoms with E-state index in [1.165, 1.54) is 31.2 Å². The minimum atomic E-state index is -0.585. The topological polar surface area (TPSA) is 97.3 Å². The molecule has 0 aliphatic carbocycles. The van der Waals surface area contributed by atoms with E-state index in [9.17, 15) is 9.18 Å². The Hall–Kier alpha value is -4.70. The molecule has 224 valence electrons. The van der Waals surface area contributed by atoms with Crippen LogP contribution in [-0.4, -0.2) is 55.5 Å². The van der Waals surface area contributed by atoms with E-state index in [1.807, 2.05) is 12.1 Å². The number of hydrogen-bond donors (Lipinski definition) is 2. The molecule has 9 nitrogen and oxygen atoms in total. The summed E-state index contributed by atoms with van der Waals surface area (Å²) in [5, 5.41) is 7.19. The van der Waals surface area contributed by atoms with Gasteiger partial charge in [-0.15, -0.1) is 0 Å². The van der Waals surface area contributed by atoms with Crippen LogP contribution in [0.15, 0.2) is 78.0 Å². The molecule has 0 atom stereocenters. The fraction of sp³-hybridized carbons (Fsp3) is 0.303. The number of rotatable bonds is 11. The highest BCUT2D eigenvalue weighted by atomic mass is 19.1. The highest BCUT2D eigenvalue weighted by Gasteiger charge is 2.16. The number of ether oxygens (including phenoxy) is 3. The van der Waals surface area contributed by atoms with Crippen LogP contribution in [0.25, 0.3) is 10.9 Å². The number of benzene rings is 3. The van der Waals surface area contributed by atoms with Crippen molar-refractivity contribution in [1.29, 1.82) is 0 Å². The van der Waals surface area contributed by atoms with Crippen LogP contribution in [0.4, 0.5) is 14.9 Å². The maximum Gasteiger partial charge on any atom is 0.339 e. The van der Waals surface area contributed by atoms with Crippen LogP contribution in [0.5, 0.6) is 23.0 Å². The standard InChI is InChI=1S/C33H36FN5O4/c1-23-12-16-39(17-13-23)15-6-18-42-32-21-28-26(20-31(32)41-2)29(11-14-35-28)43-30-10-9-24(19-27(30)34)22-36-38-33(40)37-25-7-4-3-5-8-25/h3-5,7-11,14,19-23H,6,12-13,15-18H2,1-2H3,(H2,37,38,40)/b36-22+. The largest absolute Gasteiger partial charge is 0.493 e. The van der Waals surface area contributed by atoms with Crippen LogP contribution in [0.2, 0.25) is 0 Å². The molecule has 3 aromatic carbocycles. The van der Waals surface area contributed by atoms with Crippen molar-refractivity contribution in [2.24, 2.45) is 11.0 Å². The summed E-state index contributed by atoms with van der Waals surface area (Å²) in [4.78, 5) is 18.9. The van der Waals surface area contributed by atoms with Crippen LogP contribution in [0.1, 0.15) is 31.7 Å². The molecule has 0 radical (unpaired) electrons. The number of hydrazone groups is 1. The van der Waals surface area contributed by atoms with Gasteiger partial charge in [-0.05, 0) is 86.3 Å². The van der Waals surface area contributed by atoms with E-state index in [2.05, 4.69) is 32.7 Å². The molecule has 0 bridgehead atoms. The number of amides is 2. The Labute approximate surface area is 250 Å². The molecule has 1 saturated heterocycles. The lowest BCUT2D eigenvalue weighted by atomic mass is 9.99. The number of carbonyl (C=O) groups excluding carboxylic acids is 1. The first-order valence-electron chi connectivity index (χ1n) is 14.4. The molecule has 1 aliphatic heterocycles. The maximum atomic E-state index is 15.0. The van der Waals surface area contributed by atoms with Gasteiger partial charge in [-0.3, -0.25) is 4.98 Å². The highest BCUT2D eigenvalue weighted by Crippen LogP contribution is 2.37. The molecule has 1 fully saturated rings. The zero-order valence-corrected chi connectivity index (χ0v) is 24.4. The summed E-state index contributed by atoms with van der Waals surface area (Å²) in [7, 11) is 1.58. The second kappa shape index (κ2) is 14.5. The summed E-state index contributed by atoms with van der Waals surface area (Å²) in [6.45, 7) is 6.19. The number of anilines is 1. The SMILES string of the molecule is COc1cc2c(Oc3ccc(/C=N/NC(=O)Nc4ccccc4)cc3F)ccnc2cc1OCCCN1CCC(C)CC1. The summed E-state index contributed by atoms with van der Waals surface area (Å²) < 4.78 is 32.6. The molecule has 4 aromatic rings. The van der Waals surface area contributed by atoms with Crippen molar-refractivity contribution in [3.05, 3.63) is 84.3 Å². The predicted octanol–water partition coefficient (Wildman–Crippen LogP) is 6.83. The van der Waals surface area contributed by atoms with Crippen molar-refractivity contribution < 1.29 is 23.4 Å². The molecule has 2 amide bonds. The fourth-order valence-electron chi connectivity index (χ4n) is 4.89. The van der Waals surface area contributed by atoms with E-state index >= 15 is 0 Å². The predicted molar refractivity (Wildman–Crippen MR) is 166 cm³/mol. The summed E-state index contributed by atoms with van der Waals surface area (Å²) >= 11 is 0. The molecule has 2 N–H and O–H groups in total. The minimum absolute atomic E-state index is 0.0332. The van der Waals surface area contributed by atoms with Gasteiger partial charge in [0.15, 0.2) is 23.1 Å². The van der Waals surface area contributed by atoms with Gasteiger partial charge in [0.05, 0.1) is 25.4 Å². The van der Waals surface area contributed by atoms with Gasteiger partial charge in [-0.1, -0.05) is 25.1 Å². The molecule has 1 aromatic heterocycles. The van der Waals surface area contributed by atoms with E-state index in [-0.39, 0.29) is 5.75 Å². The third-order valence-electron chi connectivity index (χ3n) is 7.33. The van der Waals surface area contributed by atoms with E-state index in [0.717, 1.165) is 32.0 Å². The van der Waals surface area contributed by atoms with Crippen molar-refractivity contribution >= 4 is 28.8 Å². The third kappa shape index (κ3) is 8.20. The zero-order valence-electron chi connectivity index (χ0n) is 24.4. The lowest BCUT2D eigenvalue weighted by Gasteiger charge is -2.30. The average molecular weight is 586 g/mol. The summed E-state index contributed by atoms with van der Waals surface area (Å²) in [6.07, 6.45) is 6.38. The van der Waals surface area contributed by atoms with E-state index in [1.54, 1.807) is 55.8 Å². The lowest BCUT2D eigenvalue weighted by molar-refractivity contribution is 0.176. The van der Waals surface area contributed by atoms with Crippen LogP contribution in [-0.2, 0) is 0 Å². The minimum Gasteiger partial charge on any atom is -0.493 e. The second-order valence-corrected chi connectivity index (χ2v) is 10.5. The van der Waals surface area contributed by atoms with Gasteiger partial charge in [0.2, 0.25) is 0 Å². The van der Waals surface area contributed by atoms with E-state index in [4.69, 9.17) is 14.2 Å². The second-order valence-electron chi connectivity index (χ2n) is 10.5. The number of halogens is 1. The first-order valence-corrected chi connectivity index (χ1v) is 14.4. The number of fused-ring (bicyclic) bond motifs is 1. The summed E-state index contributed by atoms with van der Waals surface area (Å²) in [6, 6.07) is 18.2. The molecule has 2 heterocycles. The molecule has 5 rings (SSSR count). The van der Waals surface area contributed by atoms with Crippen molar-refractivity contribution in [3.63, 3.8) is 0 Å². The first kappa shape index (κ1) is 29.8. The van der Waals surface area contributed by atoms with Gasteiger partial charge >= 0.3 is 6.03 Å². The third-order valence-corrected chi connectivity index (χ3v) is 7.33. The lowest BCUT2D eigenvalue weighted by Crippen LogP contribution is -2.34. The monoisotopic (exact) mass is 585 g/mol. The summed E-state index contributed by atoms with van der Waals surface area (Å²) in [5.41, 5.74) is 4.07. The highest BCUT2D eigenvalue weighted by molar-refractivity contribution is 5.90. The van der Waals surface area contributed by atoms with Gasteiger partial charge in [0.25, 0.3) is 0 Å². The fourth-order valence-corrected chi connectivity index (χ4v) is 4.89. The van der Waals surface area contributed by atoms with E-state index in [0.29, 0.717) is 46.0 Å². The molecular weight excluding hydrogens is 549 g/mol. The number of methoxy groups -OCH3 is 1. The number of nitrogens with one attached hydrogen (secondary N) is 2. The van der Waals surface area contributed by atoms with Crippen molar-refractivity contribution in [3.8, 4) is 23.0 Å². The molecule has 0 saturated carbocycles. The number of urea groups is 1. The maximum absolute atomic E-state index is 15.0. The normalized spacial score (nSPS) is 14.1. The van der Waals surface area contributed by atoms with Crippen LogP contribution in [0, 0.1) is 11.7 Å². The van der Waals surface area contributed by atoms with Gasteiger partial charge in [-0.2, -0.15) is 5.10 Å². The Morgan fingerprint density at radius 2 is 1.86 bits per heavy atom. The number of likely N-dealkylation sites (tertiary alicyclic amines) is 1. The van der Waals surface area contributed by atoms with Gasteiger partial charge in [-0.25, -0.2) is 14.6 Å². The van der Waals surface area contributed by atoms with Crippen molar-refractivity contribution in [2.45, 2.75) is 26.2 Å². The van der Waals surface area contributed by atoms with Crippen molar-refractivity contribution in [2.75, 3.05) is 38.7 Å².